The fourth-order valence-electron chi connectivity index (χ4n) is 2.69. The Morgan fingerprint density at radius 2 is 1.86 bits per heavy atom. The second-order valence-corrected chi connectivity index (χ2v) is 5.72. The van der Waals surface area contributed by atoms with E-state index in [0.717, 1.165) is 30.7 Å². The highest BCUT2D eigenvalue weighted by atomic mass is 35.5. The molecule has 0 aliphatic heterocycles. The van der Waals surface area contributed by atoms with Gasteiger partial charge >= 0.3 is 0 Å². The van der Waals surface area contributed by atoms with Crippen LogP contribution >= 0.6 is 11.6 Å². The Kier molecular flexibility index (Phi) is 4.26. The van der Waals surface area contributed by atoms with E-state index in [-0.39, 0.29) is 0 Å². The van der Waals surface area contributed by atoms with Crippen LogP contribution in [0.2, 0.25) is 0 Å². The minimum absolute atomic E-state index is 0.605. The van der Waals surface area contributed by atoms with Crippen LogP contribution in [0.5, 0.6) is 0 Å². The normalized spacial score (nSPS) is 11.1. The second kappa shape index (κ2) is 6.31. The van der Waals surface area contributed by atoms with E-state index in [1.165, 1.54) is 16.6 Å². The Bertz CT molecular complexity index is 732. The van der Waals surface area contributed by atoms with E-state index in [1.807, 2.05) is 0 Å². The molecule has 0 amide bonds. The number of imidazole rings is 1. The summed E-state index contributed by atoms with van der Waals surface area (Å²) in [5.74, 6) is 1.69. The number of alkyl halides is 1. The van der Waals surface area contributed by atoms with Crippen molar-refractivity contribution in [3.05, 3.63) is 65.5 Å². The van der Waals surface area contributed by atoms with Crippen molar-refractivity contribution in [2.75, 3.05) is 5.88 Å². The number of fused-ring (bicyclic) bond motifs is 1. The molecule has 2 aromatic carbocycles. The van der Waals surface area contributed by atoms with Gasteiger partial charge in [0.05, 0.1) is 11.0 Å². The van der Waals surface area contributed by atoms with Crippen molar-refractivity contribution in [3.8, 4) is 0 Å². The lowest BCUT2D eigenvalue weighted by Gasteiger charge is -2.09. The molecule has 108 valence electrons. The summed E-state index contributed by atoms with van der Waals surface area (Å²) >= 11 is 5.93. The molecule has 0 spiro atoms. The van der Waals surface area contributed by atoms with Crippen LogP contribution in [0.25, 0.3) is 11.0 Å². The summed E-state index contributed by atoms with van der Waals surface area (Å²) < 4.78 is 2.32. The van der Waals surface area contributed by atoms with Crippen molar-refractivity contribution in [1.29, 1.82) is 0 Å². The molecular weight excluding hydrogens is 280 g/mol. The van der Waals surface area contributed by atoms with Gasteiger partial charge in [-0.3, -0.25) is 0 Å². The molecule has 1 heterocycles. The Morgan fingerprint density at radius 3 is 2.62 bits per heavy atom. The Hall–Kier alpha value is -1.80. The lowest BCUT2D eigenvalue weighted by molar-refractivity contribution is 0.675. The SMILES string of the molecule is Cc1ccc2nc(CCCl)n(CCc3ccccc3)c2c1. The van der Waals surface area contributed by atoms with Gasteiger partial charge in [0.25, 0.3) is 0 Å². The third-order valence-electron chi connectivity index (χ3n) is 3.77. The van der Waals surface area contributed by atoms with Gasteiger partial charge in [-0.1, -0.05) is 36.4 Å². The van der Waals surface area contributed by atoms with Crippen LogP contribution in [0, 0.1) is 6.92 Å². The van der Waals surface area contributed by atoms with Gasteiger partial charge < -0.3 is 4.57 Å². The minimum Gasteiger partial charge on any atom is -0.328 e. The third kappa shape index (κ3) is 3.11. The molecule has 0 radical (unpaired) electrons. The predicted molar refractivity (Wildman–Crippen MR) is 89.0 cm³/mol. The molecule has 1 aromatic heterocycles. The molecule has 2 nitrogen and oxygen atoms in total. The van der Waals surface area contributed by atoms with Gasteiger partial charge in [-0.2, -0.15) is 0 Å². The molecule has 3 rings (SSSR count). The third-order valence-corrected chi connectivity index (χ3v) is 3.96. The van der Waals surface area contributed by atoms with Crippen LogP contribution in [-0.4, -0.2) is 15.4 Å². The maximum atomic E-state index is 5.93. The topological polar surface area (TPSA) is 17.8 Å². The van der Waals surface area contributed by atoms with Gasteiger partial charge in [-0.25, -0.2) is 4.98 Å². The zero-order valence-corrected chi connectivity index (χ0v) is 13.0. The van der Waals surface area contributed by atoms with Gasteiger partial charge in [-0.05, 0) is 36.6 Å². The molecule has 0 bridgehead atoms. The standard InChI is InChI=1S/C18H19ClN2/c1-14-7-8-16-17(13-14)21(18(20-16)9-11-19)12-10-15-5-3-2-4-6-15/h2-8,13H,9-12H2,1H3. The first-order chi connectivity index (χ1) is 10.3. The quantitative estimate of drug-likeness (QED) is 0.640. The van der Waals surface area contributed by atoms with Crippen molar-refractivity contribution in [1.82, 2.24) is 9.55 Å². The number of hydrogen-bond acceptors (Lipinski definition) is 1. The maximum absolute atomic E-state index is 5.93. The molecule has 0 aliphatic carbocycles. The fraction of sp³-hybridized carbons (Fsp3) is 0.278. The monoisotopic (exact) mass is 298 g/mol. The summed E-state index contributed by atoms with van der Waals surface area (Å²) in [6.07, 6.45) is 1.82. The zero-order valence-electron chi connectivity index (χ0n) is 12.2. The van der Waals surface area contributed by atoms with E-state index in [0.29, 0.717) is 5.88 Å². The van der Waals surface area contributed by atoms with Crippen LogP contribution in [0.3, 0.4) is 0 Å². The van der Waals surface area contributed by atoms with Crippen LogP contribution in [0.4, 0.5) is 0 Å². The fourth-order valence-corrected chi connectivity index (χ4v) is 2.86. The summed E-state index contributed by atoms with van der Waals surface area (Å²) in [4.78, 5) is 4.73. The Morgan fingerprint density at radius 1 is 1.05 bits per heavy atom. The maximum Gasteiger partial charge on any atom is 0.111 e. The molecule has 3 aromatic rings. The Balaban J connectivity index is 1.94. The number of aromatic nitrogens is 2. The van der Waals surface area contributed by atoms with E-state index in [4.69, 9.17) is 16.6 Å². The first kappa shape index (κ1) is 14.2. The molecule has 0 unspecified atom stereocenters. The number of benzene rings is 2. The molecule has 0 N–H and O–H groups in total. The van der Waals surface area contributed by atoms with Crippen LogP contribution in [-0.2, 0) is 19.4 Å². The number of rotatable bonds is 5. The summed E-state index contributed by atoms with van der Waals surface area (Å²) in [5, 5.41) is 0. The predicted octanol–water partition coefficient (Wildman–Crippen LogP) is 4.37. The summed E-state index contributed by atoms with van der Waals surface area (Å²) in [6.45, 7) is 3.06. The Labute approximate surface area is 130 Å². The molecule has 0 saturated heterocycles. The molecular formula is C18H19ClN2. The summed E-state index contributed by atoms with van der Waals surface area (Å²) in [6, 6.07) is 17.0. The number of hydrogen-bond donors (Lipinski definition) is 0. The zero-order chi connectivity index (χ0) is 14.7. The van der Waals surface area contributed by atoms with Gasteiger partial charge in [0.15, 0.2) is 0 Å². The first-order valence-corrected chi connectivity index (χ1v) is 7.87. The van der Waals surface area contributed by atoms with Crippen molar-refractivity contribution < 1.29 is 0 Å². The highest BCUT2D eigenvalue weighted by molar-refractivity contribution is 6.17. The van der Waals surface area contributed by atoms with Crippen LogP contribution in [0.15, 0.2) is 48.5 Å². The van der Waals surface area contributed by atoms with Crippen LogP contribution in [0.1, 0.15) is 17.0 Å². The largest absolute Gasteiger partial charge is 0.328 e. The van der Waals surface area contributed by atoms with E-state index in [9.17, 15) is 0 Å². The van der Waals surface area contributed by atoms with E-state index in [1.54, 1.807) is 0 Å². The highest BCUT2D eigenvalue weighted by Crippen LogP contribution is 2.19. The van der Waals surface area contributed by atoms with Gasteiger partial charge in [0.1, 0.15) is 5.82 Å². The average Bonchev–Trinajstić information content (AvgIpc) is 2.83. The second-order valence-electron chi connectivity index (χ2n) is 5.35. The van der Waals surface area contributed by atoms with Gasteiger partial charge in [0.2, 0.25) is 0 Å². The van der Waals surface area contributed by atoms with Crippen molar-refractivity contribution in [2.24, 2.45) is 0 Å². The van der Waals surface area contributed by atoms with Gasteiger partial charge in [-0.15, -0.1) is 11.6 Å². The van der Waals surface area contributed by atoms with Crippen molar-refractivity contribution in [2.45, 2.75) is 26.3 Å². The van der Waals surface area contributed by atoms with E-state index in [2.05, 4.69) is 60.0 Å². The lowest BCUT2D eigenvalue weighted by Crippen LogP contribution is -2.07. The number of aryl methyl sites for hydroxylation is 4. The lowest BCUT2D eigenvalue weighted by atomic mass is 10.1. The van der Waals surface area contributed by atoms with Crippen molar-refractivity contribution in [3.63, 3.8) is 0 Å². The molecule has 0 saturated carbocycles. The minimum atomic E-state index is 0.605. The highest BCUT2D eigenvalue weighted by Gasteiger charge is 2.10. The molecule has 0 atom stereocenters. The molecule has 3 heteroatoms. The van der Waals surface area contributed by atoms with E-state index < -0.39 is 0 Å². The molecule has 21 heavy (non-hydrogen) atoms. The summed E-state index contributed by atoms with van der Waals surface area (Å²) in [7, 11) is 0. The number of halogens is 1. The smallest absolute Gasteiger partial charge is 0.111 e. The van der Waals surface area contributed by atoms with Crippen molar-refractivity contribution >= 4 is 22.6 Å². The number of nitrogens with zero attached hydrogens (tertiary/aromatic N) is 2. The molecule has 0 aliphatic rings. The van der Waals surface area contributed by atoms with Crippen LogP contribution < -0.4 is 0 Å². The average molecular weight is 299 g/mol. The first-order valence-electron chi connectivity index (χ1n) is 7.33. The summed E-state index contributed by atoms with van der Waals surface area (Å²) in [5.41, 5.74) is 4.89. The van der Waals surface area contributed by atoms with E-state index >= 15 is 0 Å². The molecule has 0 fully saturated rings. The van der Waals surface area contributed by atoms with Gasteiger partial charge in [0, 0.05) is 18.8 Å².